The SMILES string of the molecule is C=C(C)C(=O)Nc1cccc(-c2ccc(C(N)=O)c3c2ccn3NC(=O)CCN2CCCC2)c1C. The zero-order chi connectivity index (χ0) is 25.1. The maximum Gasteiger partial charge on any atom is 0.250 e. The van der Waals surface area contributed by atoms with Crippen LogP contribution in [0.2, 0.25) is 0 Å². The number of nitrogens with two attached hydrogens (primary N) is 1. The third-order valence-electron chi connectivity index (χ3n) is 6.47. The highest BCUT2D eigenvalue weighted by Gasteiger charge is 2.19. The smallest absolute Gasteiger partial charge is 0.250 e. The van der Waals surface area contributed by atoms with Gasteiger partial charge in [0.25, 0.3) is 11.8 Å². The van der Waals surface area contributed by atoms with E-state index >= 15 is 0 Å². The first-order valence-corrected chi connectivity index (χ1v) is 11.8. The molecule has 0 unspecified atom stereocenters. The van der Waals surface area contributed by atoms with Gasteiger partial charge in [-0.1, -0.05) is 24.8 Å². The quantitative estimate of drug-likeness (QED) is 0.433. The van der Waals surface area contributed by atoms with Gasteiger partial charge in [-0.25, -0.2) is 0 Å². The van der Waals surface area contributed by atoms with Gasteiger partial charge in [0.05, 0.1) is 11.1 Å². The maximum atomic E-state index is 12.7. The molecule has 2 heterocycles. The number of hydrogen-bond donors (Lipinski definition) is 3. The third-order valence-corrected chi connectivity index (χ3v) is 6.47. The molecule has 8 heteroatoms. The Morgan fingerprint density at radius 2 is 1.80 bits per heavy atom. The summed E-state index contributed by atoms with van der Waals surface area (Å²) in [6.07, 6.45) is 4.45. The van der Waals surface area contributed by atoms with Crippen molar-refractivity contribution in [3.8, 4) is 11.1 Å². The molecule has 3 amide bonds. The van der Waals surface area contributed by atoms with E-state index in [4.69, 9.17) is 5.73 Å². The van der Waals surface area contributed by atoms with Crippen LogP contribution < -0.4 is 16.5 Å². The van der Waals surface area contributed by atoms with Gasteiger partial charge in [-0.05, 0) is 74.7 Å². The van der Waals surface area contributed by atoms with E-state index in [1.54, 1.807) is 23.9 Å². The lowest BCUT2D eigenvalue weighted by Crippen LogP contribution is -2.28. The highest BCUT2D eigenvalue weighted by Crippen LogP contribution is 2.35. The van der Waals surface area contributed by atoms with Gasteiger partial charge in [0.15, 0.2) is 0 Å². The molecule has 1 fully saturated rings. The van der Waals surface area contributed by atoms with Crippen molar-refractivity contribution >= 4 is 34.3 Å². The maximum absolute atomic E-state index is 12.7. The number of hydrogen-bond acceptors (Lipinski definition) is 4. The summed E-state index contributed by atoms with van der Waals surface area (Å²) in [5.41, 5.74) is 13.2. The number of anilines is 1. The summed E-state index contributed by atoms with van der Waals surface area (Å²) in [5, 5.41) is 3.66. The molecule has 0 atom stereocenters. The van der Waals surface area contributed by atoms with Crippen LogP contribution in [-0.4, -0.2) is 46.9 Å². The molecule has 182 valence electrons. The number of carbonyl (C=O) groups is 3. The number of nitrogens with zero attached hydrogens (tertiary/aromatic N) is 2. The predicted molar refractivity (Wildman–Crippen MR) is 139 cm³/mol. The van der Waals surface area contributed by atoms with E-state index in [1.807, 2.05) is 37.3 Å². The van der Waals surface area contributed by atoms with Crippen molar-refractivity contribution in [2.24, 2.45) is 5.73 Å². The van der Waals surface area contributed by atoms with E-state index < -0.39 is 5.91 Å². The third kappa shape index (κ3) is 5.12. The van der Waals surface area contributed by atoms with Crippen molar-refractivity contribution in [2.75, 3.05) is 30.4 Å². The van der Waals surface area contributed by atoms with Gasteiger partial charge < -0.3 is 16.0 Å². The monoisotopic (exact) mass is 473 g/mol. The number of rotatable bonds is 8. The fraction of sp³-hybridized carbons (Fsp3) is 0.296. The van der Waals surface area contributed by atoms with E-state index in [1.165, 1.54) is 12.8 Å². The molecule has 1 aliphatic heterocycles. The number of aromatic nitrogens is 1. The van der Waals surface area contributed by atoms with Crippen LogP contribution in [0.3, 0.4) is 0 Å². The van der Waals surface area contributed by atoms with Crippen LogP contribution in [0, 0.1) is 6.92 Å². The molecular weight excluding hydrogens is 442 g/mol. The van der Waals surface area contributed by atoms with Crippen LogP contribution in [0.4, 0.5) is 5.69 Å². The lowest BCUT2D eigenvalue weighted by molar-refractivity contribution is -0.117. The Morgan fingerprint density at radius 1 is 1.06 bits per heavy atom. The fourth-order valence-corrected chi connectivity index (χ4v) is 4.53. The van der Waals surface area contributed by atoms with Crippen molar-refractivity contribution in [3.63, 3.8) is 0 Å². The Balaban J connectivity index is 1.69. The predicted octanol–water partition coefficient (Wildman–Crippen LogP) is 3.79. The summed E-state index contributed by atoms with van der Waals surface area (Å²) in [6, 6.07) is 11.0. The number of carbonyl (C=O) groups excluding carboxylic acids is 3. The number of fused-ring (bicyclic) bond motifs is 1. The van der Waals surface area contributed by atoms with Crippen LogP contribution in [0.1, 0.15) is 42.1 Å². The summed E-state index contributed by atoms with van der Waals surface area (Å²) in [4.78, 5) is 39.4. The lowest BCUT2D eigenvalue weighted by Gasteiger charge is -2.16. The van der Waals surface area contributed by atoms with E-state index in [9.17, 15) is 14.4 Å². The largest absolute Gasteiger partial charge is 0.366 e. The standard InChI is InChI=1S/C27H31N5O3/c1-17(2)27(35)29-23-8-6-7-19(18(23)3)20-9-10-22(26(28)34)25-21(20)11-16-32(25)30-24(33)12-15-31-13-4-5-14-31/h6-11,16H,1,4-5,12-15H2,2-3H3,(H2,28,34)(H,29,35)(H,30,33). The van der Waals surface area contributed by atoms with Gasteiger partial charge in [0.1, 0.15) is 0 Å². The first-order chi connectivity index (χ1) is 16.8. The average molecular weight is 474 g/mol. The lowest BCUT2D eigenvalue weighted by atomic mass is 9.94. The molecule has 4 N–H and O–H groups in total. The molecule has 2 aromatic carbocycles. The Hall–Kier alpha value is -3.91. The van der Waals surface area contributed by atoms with Gasteiger partial charge in [0.2, 0.25) is 5.91 Å². The number of primary amides is 1. The highest BCUT2D eigenvalue weighted by molar-refractivity contribution is 6.11. The van der Waals surface area contributed by atoms with E-state index in [0.29, 0.717) is 35.3 Å². The normalized spacial score (nSPS) is 13.7. The molecular formula is C27H31N5O3. The van der Waals surface area contributed by atoms with Crippen molar-refractivity contribution in [1.29, 1.82) is 0 Å². The first kappa shape index (κ1) is 24.2. The Morgan fingerprint density at radius 3 is 2.49 bits per heavy atom. The second-order valence-corrected chi connectivity index (χ2v) is 9.02. The molecule has 35 heavy (non-hydrogen) atoms. The topological polar surface area (TPSA) is 109 Å². The van der Waals surface area contributed by atoms with E-state index in [0.717, 1.165) is 35.2 Å². The number of amides is 3. The summed E-state index contributed by atoms with van der Waals surface area (Å²) in [7, 11) is 0. The second-order valence-electron chi connectivity index (χ2n) is 9.02. The van der Waals surface area contributed by atoms with Crippen molar-refractivity contribution in [3.05, 3.63) is 65.9 Å². The van der Waals surface area contributed by atoms with Crippen LogP contribution >= 0.6 is 0 Å². The van der Waals surface area contributed by atoms with Crippen molar-refractivity contribution in [1.82, 2.24) is 9.58 Å². The van der Waals surface area contributed by atoms with Crippen LogP contribution in [-0.2, 0) is 9.59 Å². The van der Waals surface area contributed by atoms with Gasteiger partial charge in [0, 0.05) is 35.8 Å². The molecule has 1 saturated heterocycles. The second kappa shape index (κ2) is 10.1. The molecule has 1 aromatic heterocycles. The summed E-state index contributed by atoms with van der Waals surface area (Å²) in [6.45, 7) is 10.0. The van der Waals surface area contributed by atoms with Crippen molar-refractivity contribution in [2.45, 2.75) is 33.1 Å². The molecule has 8 nitrogen and oxygen atoms in total. The fourth-order valence-electron chi connectivity index (χ4n) is 4.53. The molecule has 0 radical (unpaired) electrons. The number of likely N-dealkylation sites (tertiary alicyclic amines) is 1. The molecule has 1 aliphatic rings. The van der Waals surface area contributed by atoms with Gasteiger partial charge >= 0.3 is 0 Å². The minimum absolute atomic E-state index is 0.129. The Labute approximate surface area is 204 Å². The number of nitrogens with one attached hydrogen (secondary N) is 2. The van der Waals surface area contributed by atoms with E-state index in [-0.39, 0.29) is 11.8 Å². The molecule has 0 aliphatic carbocycles. The molecule has 0 saturated carbocycles. The van der Waals surface area contributed by atoms with Gasteiger partial charge in [-0.15, -0.1) is 0 Å². The van der Waals surface area contributed by atoms with Gasteiger partial charge in [-0.3, -0.25) is 24.5 Å². The summed E-state index contributed by atoms with van der Waals surface area (Å²) >= 11 is 0. The highest BCUT2D eigenvalue weighted by atomic mass is 16.2. The average Bonchev–Trinajstić information content (AvgIpc) is 3.49. The molecule has 0 spiro atoms. The first-order valence-electron chi connectivity index (χ1n) is 11.8. The Kier molecular flexibility index (Phi) is 7.02. The molecule has 4 rings (SSSR count). The van der Waals surface area contributed by atoms with Crippen LogP contribution in [0.5, 0.6) is 0 Å². The Bertz CT molecular complexity index is 1320. The zero-order valence-corrected chi connectivity index (χ0v) is 20.2. The minimum Gasteiger partial charge on any atom is -0.366 e. The summed E-state index contributed by atoms with van der Waals surface area (Å²) in [5.74, 6) is -0.954. The zero-order valence-electron chi connectivity index (χ0n) is 20.2. The van der Waals surface area contributed by atoms with E-state index in [2.05, 4.69) is 22.2 Å². The summed E-state index contributed by atoms with van der Waals surface area (Å²) < 4.78 is 1.58. The number of benzene rings is 2. The van der Waals surface area contributed by atoms with Crippen LogP contribution in [0.15, 0.2) is 54.7 Å². The minimum atomic E-state index is -0.577. The van der Waals surface area contributed by atoms with Gasteiger partial charge in [-0.2, -0.15) is 0 Å². The van der Waals surface area contributed by atoms with Crippen LogP contribution in [0.25, 0.3) is 22.0 Å². The molecule has 0 bridgehead atoms. The van der Waals surface area contributed by atoms with Crippen molar-refractivity contribution < 1.29 is 14.4 Å². The molecule has 3 aromatic rings.